The Kier molecular flexibility index (Phi) is 11.0. The molecule has 1 aliphatic carbocycles. The Bertz CT molecular complexity index is 1330. The maximum atomic E-state index is 12.5. The van der Waals surface area contributed by atoms with Gasteiger partial charge in [0.25, 0.3) is 11.1 Å². The van der Waals surface area contributed by atoms with Crippen LogP contribution >= 0.6 is 22.9 Å². The number of hydrogen-bond donors (Lipinski definition) is 1. The fourth-order valence-electron chi connectivity index (χ4n) is 3.19. The van der Waals surface area contributed by atoms with E-state index in [1.165, 1.54) is 30.4 Å². The van der Waals surface area contributed by atoms with E-state index in [4.69, 9.17) is 25.8 Å². The molecule has 7 nitrogen and oxygen atoms in total. The zero-order chi connectivity index (χ0) is 27.3. The molecule has 0 bridgehead atoms. The van der Waals surface area contributed by atoms with Crippen LogP contribution in [0.4, 0.5) is 0 Å². The molecule has 2 aromatic carbocycles. The molecule has 0 spiro atoms. The smallest absolute Gasteiger partial charge is 0.279 e. The van der Waals surface area contributed by atoms with Gasteiger partial charge in [0.05, 0.1) is 22.8 Å². The van der Waals surface area contributed by atoms with Gasteiger partial charge in [0.15, 0.2) is 0 Å². The number of carbonyl (C=O) groups excluding carboxylic acids is 1. The highest BCUT2D eigenvalue weighted by Gasteiger charge is 2.22. The molecule has 1 aromatic heterocycles. The van der Waals surface area contributed by atoms with E-state index in [0.717, 1.165) is 17.2 Å². The molecule has 1 fully saturated rings. The van der Waals surface area contributed by atoms with Gasteiger partial charge in [-0.2, -0.15) is 0 Å². The monoisotopic (exact) mass is 549 g/mol. The normalized spacial score (nSPS) is 12.8. The number of hydrogen-bond acceptors (Lipinski definition) is 7. The van der Waals surface area contributed by atoms with E-state index in [1.807, 2.05) is 24.3 Å². The topological polar surface area (TPSA) is 82.0 Å². The molecule has 1 N–H and O–H groups in total. The lowest BCUT2D eigenvalue weighted by Crippen LogP contribution is -2.23. The first-order valence-corrected chi connectivity index (χ1v) is 12.9. The zero-order valence-corrected chi connectivity index (χ0v) is 22.5. The maximum absolute atomic E-state index is 12.5. The van der Waals surface area contributed by atoms with Crippen LogP contribution in [0.25, 0.3) is 6.08 Å². The van der Waals surface area contributed by atoms with E-state index in [9.17, 15) is 4.79 Å². The minimum atomic E-state index is -0.205. The first-order valence-electron chi connectivity index (χ1n) is 11.7. The summed E-state index contributed by atoms with van der Waals surface area (Å²) in [4.78, 5) is 21.8. The number of amides is 1. The van der Waals surface area contributed by atoms with Gasteiger partial charge in [-0.3, -0.25) is 9.79 Å². The van der Waals surface area contributed by atoms with Gasteiger partial charge in [0.2, 0.25) is 5.90 Å². The Hall–Kier alpha value is -4.06. The van der Waals surface area contributed by atoms with Gasteiger partial charge in [-0.1, -0.05) is 41.7 Å². The molecule has 3 aromatic rings. The molecule has 1 amide bonds. The lowest BCUT2D eigenvalue weighted by Gasteiger charge is -2.08. The third-order valence-electron chi connectivity index (χ3n) is 5.22. The maximum Gasteiger partial charge on any atom is 0.279 e. The van der Waals surface area contributed by atoms with Crippen molar-refractivity contribution < 1.29 is 19.0 Å². The number of ether oxygens (including phenoxy) is 3. The van der Waals surface area contributed by atoms with Crippen molar-refractivity contribution in [2.24, 2.45) is 10.9 Å². The van der Waals surface area contributed by atoms with Crippen molar-refractivity contribution >= 4 is 40.8 Å². The summed E-state index contributed by atoms with van der Waals surface area (Å²) in [5.41, 5.74) is 1.20. The lowest BCUT2D eigenvalue weighted by atomic mass is 10.1. The molecule has 0 unspecified atom stereocenters. The van der Waals surface area contributed by atoms with Crippen LogP contribution in [0.2, 0.25) is 5.02 Å². The number of aromatic nitrogens is 1. The molecule has 1 aliphatic rings. The van der Waals surface area contributed by atoms with Crippen molar-refractivity contribution in [3.8, 4) is 29.5 Å². The molecule has 196 valence electrons. The highest BCUT2D eigenvalue weighted by Crippen LogP contribution is 2.35. The summed E-state index contributed by atoms with van der Waals surface area (Å²) in [6.07, 6.45) is 17.2. The molecule has 1 saturated carbocycles. The number of thiazole rings is 1. The van der Waals surface area contributed by atoms with Gasteiger partial charge in [-0.25, -0.2) is 4.98 Å². The highest BCUT2D eigenvalue weighted by molar-refractivity contribution is 7.14. The van der Waals surface area contributed by atoms with Crippen molar-refractivity contribution in [3.05, 3.63) is 88.6 Å². The van der Waals surface area contributed by atoms with Crippen LogP contribution in [0.3, 0.4) is 0 Å². The number of benzene rings is 2. The predicted octanol–water partition coefficient (Wildman–Crippen LogP) is 6.61. The summed E-state index contributed by atoms with van der Waals surface area (Å²) >= 11 is 7.72. The third kappa shape index (κ3) is 8.51. The number of aliphatic imine (C=N–C) groups is 1. The predicted molar refractivity (Wildman–Crippen MR) is 153 cm³/mol. The average Bonchev–Trinajstić information content (AvgIpc) is 3.68. The molecule has 0 radical (unpaired) electrons. The number of nitrogens with one attached hydrogen (secondary N) is 1. The first-order chi connectivity index (χ1) is 18.6. The van der Waals surface area contributed by atoms with E-state index < -0.39 is 0 Å². The molecule has 0 saturated heterocycles. The van der Waals surface area contributed by atoms with Crippen molar-refractivity contribution in [2.75, 3.05) is 20.2 Å². The fourth-order valence-corrected chi connectivity index (χ4v) is 4.11. The van der Waals surface area contributed by atoms with Gasteiger partial charge >= 0.3 is 0 Å². The van der Waals surface area contributed by atoms with Crippen molar-refractivity contribution in [3.63, 3.8) is 0 Å². The molecular weight excluding hydrogens is 522 g/mol. The standard InChI is InChI=1S/C27H26ClN3O4S.C2H2/c1-3-33-26(29-2)20-7-4-6-19(14-20)25(32)30-13-5-8-22-16-31-27(36-22)35-24-12-11-21(15-23(24)28)34-17-18-9-10-18;1-2/h3-8,11-12,14-16,18H,1,9-10,13,17H2,2H3,(H,30,32);1-2H/b8-5+,29-26?;. The summed E-state index contributed by atoms with van der Waals surface area (Å²) in [7, 11) is 1.61. The summed E-state index contributed by atoms with van der Waals surface area (Å²) in [5.74, 6) is 2.11. The Morgan fingerprint density at radius 3 is 2.76 bits per heavy atom. The van der Waals surface area contributed by atoms with E-state index in [0.29, 0.717) is 45.5 Å². The van der Waals surface area contributed by atoms with Gasteiger partial charge in [-0.15, -0.1) is 12.8 Å². The van der Waals surface area contributed by atoms with Crippen LogP contribution in [-0.2, 0) is 4.74 Å². The van der Waals surface area contributed by atoms with Crippen molar-refractivity contribution in [2.45, 2.75) is 12.8 Å². The Labute approximate surface area is 231 Å². The van der Waals surface area contributed by atoms with Crippen LogP contribution in [0.1, 0.15) is 33.6 Å². The minimum Gasteiger partial charge on any atom is -0.493 e. The van der Waals surface area contributed by atoms with Crippen LogP contribution < -0.4 is 14.8 Å². The second kappa shape index (κ2) is 14.6. The molecule has 0 atom stereocenters. The van der Waals surface area contributed by atoms with Crippen LogP contribution in [-0.4, -0.2) is 37.0 Å². The first kappa shape index (κ1) is 28.5. The van der Waals surface area contributed by atoms with E-state index in [1.54, 1.807) is 43.6 Å². The average molecular weight is 550 g/mol. The lowest BCUT2D eigenvalue weighted by molar-refractivity contribution is 0.0958. The summed E-state index contributed by atoms with van der Waals surface area (Å²) < 4.78 is 16.9. The van der Waals surface area contributed by atoms with Gasteiger partial charge in [0.1, 0.15) is 11.5 Å². The highest BCUT2D eigenvalue weighted by atomic mass is 35.5. The summed E-state index contributed by atoms with van der Waals surface area (Å²) in [6, 6.07) is 12.4. The molecule has 38 heavy (non-hydrogen) atoms. The number of rotatable bonds is 11. The Morgan fingerprint density at radius 2 is 2.05 bits per heavy atom. The van der Waals surface area contributed by atoms with Crippen LogP contribution in [0.15, 0.2) is 72.6 Å². The second-order valence-electron chi connectivity index (χ2n) is 7.98. The van der Waals surface area contributed by atoms with E-state index in [2.05, 4.69) is 34.7 Å². The molecular formula is C29H28ClN3O4S. The van der Waals surface area contributed by atoms with Crippen molar-refractivity contribution in [1.82, 2.24) is 10.3 Å². The Balaban J connectivity index is 0.00000195. The zero-order valence-electron chi connectivity index (χ0n) is 20.9. The largest absolute Gasteiger partial charge is 0.493 e. The molecule has 1 heterocycles. The fraction of sp³-hybridized carbons (Fsp3) is 0.207. The van der Waals surface area contributed by atoms with Crippen LogP contribution in [0, 0.1) is 18.8 Å². The van der Waals surface area contributed by atoms with E-state index >= 15 is 0 Å². The third-order valence-corrected chi connectivity index (χ3v) is 6.35. The Morgan fingerprint density at radius 1 is 1.26 bits per heavy atom. The van der Waals surface area contributed by atoms with Crippen LogP contribution in [0.5, 0.6) is 16.7 Å². The molecule has 0 aliphatic heterocycles. The number of halogens is 1. The SMILES string of the molecule is C#C.C=COC(=NC)c1cccc(C(=O)NC/C=C/c2cnc(Oc3ccc(OCC4CC4)cc3Cl)s2)c1. The van der Waals surface area contributed by atoms with Gasteiger partial charge < -0.3 is 19.5 Å². The molecule has 9 heteroatoms. The van der Waals surface area contributed by atoms with Gasteiger partial charge in [0, 0.05) is 37.0 Å². The summed E-state index contributed by atoms with van der Waals surface area (Å²) in [6.45, 7) is 4.61. The second-order valence-corrected chi connectivity index (χ2v) is 9.42. The number of carbonyl (C=O) groups is 1. The summed E-state index contributed by atoms with van der Waals surface area (Å²) in [5, 5.41) is 3.80. The van der Waals surface area contributed by atoms with E-state index in [-0.39, 0.29) is 5.91 Å². The minimum absolute atomic E-state index is 0.205. The van der Waals surface area contributed by atoms with Gasteiger partial charge in [-0.05, 0) is 55.2 Å². The molecule has 4 rings (SSSR count). The number of terminal acetylenes is 1. The van der Waals surface area contributed by atoms with Crippen molar-refractivity contribution in [1.29, 1.82) is 0 Å². The number of nitrogens with zero attached hydrogens (tertiary/aromatic N) is 2. The quantitative estimate of drug-likeness (QED) is 0.126.